The Labute approximate surface area is 147 Å². The summed E-state index contributed by atoms with van der Waals surface area (Å²) in [5, 5.41) is 12.4. The standard InChI is InChI=1S/C18H16N2O4S/c1-11(21)19-13-6-8-14(9-7-13)24-15-5-3-2-4-12(15)10-16-17(22)20-18(23)25-16/h2-9,22H,10H2,1H3,(H,19,21)(H,20,23). The molecule has 6 nitrogen and oxygen atoms in total. The molecule has 0 spiro atoms. The fourth-order valence-electron chi connectivity index (χ4n) is 2.33. The Hall–Kier alpha value is -3.06. The van der Waals surface area contributed by atoms with Gasteiger partial charge in [-0.25, -0.2) is 0 Å². The quantitative estimate of drug-likeness (QED) is 0.653. The highest BCUT2D eigenvalue weighted by atomic mass is 32.1. The van der Waals surface area contributed by atoms with Gasteiger partial charge in [-0.3, -0.25) is 14.6 Å². The first-order valence-corrected chi connectivity index (χ1v) is 8.37. The summed E-state index contributed by atoms with van der Waals surface area (Å²) >= 11 is 0.975. The third-order valence-corrected chi connectivity index (χ3v) is 4.30. The molecular formula is C18H16N2O4S. The average molecular weight is 356 g/mol. The predicted octanol–water partition coefficient (Wildman–Crippen LogP) is 3.48. The van der Waals surface area contributed by atoms with Crippen LogP contribution in [0, 0.1) is 0 Å². The van der Waals surface area contributed by atoms with Crippen molar-refractivity contribution in [2.24, 2.45) is 0 Å². The van der Waals surface area contributed by atoms with Crippen molar-refractivity contribution in [2.75, 3.05) is 5.32 Å². The molecule has 0 radical (unpaired) electrons. The highest BCUT2D eigenvalue weighted by Crippen LogP contribution is 2.30. The van der Waals surface area contributed by atoms with Crippen molar-refractivity contribution in [2.45, 2.75) is 13.3 Å². The van der Waals surface area contributed by atoms with Crippen molar-refractivity contribution in [3.05, 3.63) is 68.6 Å². The van der Waals surface area contributed by atoms with Gasteiger partial charge in [0.25, 0.3) is 0 Å². The van der Waals surface area contributed by atoms with E-state index >= 15 is 0 Å². The van der Waals surface area contributed by atoms with E-state index in [-0.39, 0.29) is 16.7 Å². The number of thiazole rings is 1. The maximum atomic E-state index is 11.3. The summed E-state index contributed by atoms with van der Waals surface area (Å²) in [6.07, 6.45) is 0.384. The van der Waals surface area contributed by atoms with Crippen LogP contribution in [0.25, 0.3) is 0 Å². The maximum absolute atomic E-state index is 11.3. The van der Waals surface area contributed by atoms with Crippen LogP contribution < -0.4 is 14.9 Å². The lowest BCUT2D eigenvalue weighted by molar-refractivity contribution is -0.114. The highest BCUT2D eigenvalue weighted by molar-refractivity contribution is 7.09. The van der Waals surface area contributed by atoms with Crippen LogP contribution in [0.5, 0.6) is 17.4 Å². The lowest BCUT2D eigenvalue weighted by atomic mass is 10.1. The third-order valence-electron chi connectivity index (χ3n) is 3.43. The molecule has 1 amide bonds. The van der Waals surface area contributed by atoms with Crippen LogP contribution >= 0.6 is 11.3 Å². The van der Waals surface area contributed by atoms with Crippen LogP contribution in [0.1, 0.15) is 17.4 Å². The number of hydrogen-bond acceptors (Lipinski definition) is 5. The number of amides is 1. The molecule has 0 saturated carbocycles. The summed E-state index contributed by atoms with van der Waals surface area (Å²) in [4.78, 5) is 25.0. The summed E-state index contributed by atoms with van der Waals surface area (Å²) in [6.45, 7) is 1.45. The van der Waals surface area contributed by atoms with Gasteiger partial charge in [-0.05, 0) is 30.3 Å². The molecule has 0 bridgehead atoms. The Kier molecular flexibility index (Phi) is 4.85. The Morgan fingerprint density at radius 1 is 1.20 bits per heavy atom. The molecular weight excluding hydrogens is 340 g/mol. The zero-order chi connectivity index (χ0) is 17.8. The predicted molar refractivity (Wildman–Crippen MR) is 96.7 cm³/mol. The molecule has 0 saturated heterocycles. The smallest absolute Gasteiger partial charge is 0.307 e. The molecule has 0 fully saturated rings. The molecule has 0 aliphatic carbocycles. The second-order valence-corrected chi connectivity index (χ2v) is 6.45. The van der Waals surface area contributed by atoms with Crippen LogP contribution in [0.3, 0.4) is 0 Å². The lowest BCUT2D eigenvalue weighted by Crippen LogP contribution is -2.05. The first-order chi connectivity index (χ1) is 12.0. The van der Waals surface area contributed by atoms with Gasteiger partial charge in [0.05, 0.1) is 4.88 Å². The molecule has 3 N–H and O–H groups in total. The van der Waals surface area contributed by atoms with Crippen molar-refractivity contribution < 1.29 is 14.6 Å². The number of rotatable bonds is 5. The van der Waals surface area contributed by atoms with Gasteiger partial charge in [-0.15, -0.1) is 0 Å². The summed E-state index contributed by atoms with van der Waals surface area (Å²) in [7, 11) is 0. The number of aromatic hydroxyl groups is 1. The first-order valence-electron chi connectivity index (χ1n) is 7.55. The number of carbonyl (C=O) groups excluding carboxylic acids is 1. The van der Waals surface area contributed by atoms with Crippen LogP contribution in [-0.2, 0) is 11.2 Å². The van der Waals surface area contributed by atoms with Crippen LogP contribution in [0.15, 0.2) is 53.3 Å². The molecule has 1 heterocycles. The Bertz CT molecular complexity index is 944. The first kappa shape index (κ1) is 16.8. The van der Waals surface area contributed by atoms with Gasteiger partial charge in [-0.1, -0.05) is 29.5 Å². The van der Waals surface area contributed by atoms with Crippen LogP contribution in [0.2, 0.25) is 0 Å². The zero-order valence-corrected chi connectivity index (χ0v) is 14.2. The number of para-hydroxylation sites is 1. The second-order valence-electron chi connectivity index (χ2n) is 5.38. The van der Waals surface area contributed by atoms with E-state index in [2.05, 4.69) is 10.3 Å². The van der Waals surface area contributed by atoms with E-state index in [0.29, 0.717) is 28.5 Å². The summed E-state index contributed by atoms with van der Waals surface area (Å²) in [5.41, 5.74) is 1.54. The van der Waals surface area contributed by atoms with Gasteiger partial charge in [0.15, 0.2) is 0 Å². The van der Waals surface area contributed by atoms with E-state index in [9.17, 15) is 14.7 Å². The molecule has 3 rings (SSSR count). The SMILES string of the molecule is CC(=O)Nc1ccc(Oc2ccccc2Cc2sc(=O)[nH]c2O)cc1. The van der Waals surface area contributed by atoms with Crippen LogP contribution in [-0.4, -0.2) is 16.0 Å². The lowest BCUT2D eigenvalue weighted by Gasteiger charge is -2.11. The second kappa shape index (κ2) is 7.23. The van der Waals surface area contributed by atoms with Crippen molar-refractivity contribution in [1.82, 2.24) is 4.98 Å². The summed E-state index contributed by atoms with van der Waals surface area (Å²) in [6, 6.07) is 14.4. The molecule has 7 heteroatoms. The molecule has 128 valence electrons. The molecule has 1 aromatic heterocycles. The average Bonchev–Trinajstić information content (AvgIpc) is 2.88. The van der Waals surface area contributed by atoms with Crippen molar-refractivity contribution in [3.8, 4) is 17.4 Å². The Balaban J connectivity index is 1.80. The van der Waals surface area contributed by atoms with E-state index in [4.69, 9.17) is 4.74 Å². The number of aromatic amines is 1. The maximum Gasteiger partial charge on any atom is 0.307 e. The van der Waals surface area contributed by atoms with E-state index < -0.39 is 0 Å². The fraction of sp³-hybridized carbons (Fsp3) is 0.111. The number of hydrogen-bond donors (Lipinski definition) is 3. The minimum absolute atomic E-state index is 0.107. The third kappa shape index (κ3) is 4.27. The van der Waals surface area contributed by atoms with Gasteiger partial charge in [0.1, 0.15) is 11.5 Å². The largest absolute Gasteiger partial charge is 0.494 e. The molecule has 0 unspecified atom stereocenters. The van der Waals surface area contributed by atoms with Gasteiger partial charge in [0.2, 0.25) is 11.8 Å². The Morgan fingerprint density at radius 2 is 1.92 bits per heavy atom. The number of anilines is 1. The number of benzene rings is 2. The van der Waals surface area contributed by atoms with Crippen molar-refractivity contribution in [1.29, 1.82) is 0 Å². The van der Waals surface area contributed by atoms with E-state index in [0.717, 1.165) is 16.9 Å². The number of H-pyrrole nitrogens is 1. The van der Waals surface area contributed by atoms with Gasteiger partial charge in [0, 0.05) is 24.6 Å². The normalized spacial score (nSPS) is 10.4. The fourth-order valence-corrected chi connectivity index (χ4v) is 3.08. The number of nitrogens with one attached hydrogen (secondary N) is 2. The van der Waals surface area contributed by atoms with E-state index in [1.165, 1.54) is 6.92 Å². The number of carbonyl (C=O) groups is 1. The van der Waals surface area contributed by atoms with Gasteiger partial charge in [-0.2, -0.15) is 0 Å². The topological polar surface area (TPSA) is 91.4 Å². The molecule has 0 aliphatic heterocycles. The minimum Gasteiger partial charge on any atom is -0.494 e. The monoisotopic (exact) mass is 356 g/mol. The van der Waals surface area contributed by atoms with Gasteiger partial charge >= 0.3 is 4.87 Å². The Morgan fingerprint density at radius 3 is 2.56 bits per heavy atom. The van der Waals surface area contributed by atoms with Crippen molar-refractivity contribution >= 4 is 22.9 Å². The molecule has 2 aromatic carbocycles. The highest BCUT2D eigenvalue weighted by Gasteiger charge is 2.11. The number of ether oxygens (including phenoxy) is 1. The van der Waals surface area contributed by atoms with Gasteiger partial charge < -0.3 is 15.2 Å². The molecule has 0 aliphatic rings. The summed E-state index contributed by atoms with van der Waals surface area (Å²) < 4.78 is 5.91. The summed E-state index contributed by atoms with van der Waals surface area (Å²) in [5.74, 6) is 1.01. The van der Waals surface area contributed by atoms with E-state index in [1.807, 2.05) is 24.3 Å². The van der Waals surface area contributed by atoms with Crippen molar-refractivity contribution in [3.63, 3.8) is 0 Å². The molecule has 25 heavy (non-hydrogen) atoms. The molecule has 3 aromatic rings. The zero-order valence-electron chi connectivity index (χ0n) is 13.4. The molecule has 0 atom stereocenters. The van der Waals surface area contributed by atoms with E-state index in [1.54, 1.807) is 24.3 Å². The number of aromatic nitrogens is 1. The minimum atomic E-state index is -0.292. The van der Waals surface area contributed by atoms with Crippen LogP contribution in [0.4, 0.5) is 5.69 Å².